The summed E-state index contributed by atoms with van der Waals surface area (Å²) in [5.41, 5.74) is -0.933. The number of nitrogens with one attached hydrogen (secondary N) is 1. The topological polar surface area (TPSA) is 90.4 Å². The van der Waals surface area contributed by atoms with Crippen LogP contribution in [0.15, 0.2) is 34.0 Å². The minimum Gasteiger partial charge on any atom is -0.312 e. The highest BCUT2D eigenvalue weighted by atomic mass is 31.2. The molecule has 7 nitrogen and oxygen atoms in total. The fraction of sp³-hybridized carbons (Fsp3) is 0.400. The number of H-pyrrole nitrogens is 1. The summed E-state index contributed by atoms with van der Waals surface area (Å²) < 4.78 is 22.5. The van der Waals surface area contributed by atoms with Gasteiger partial charge in [0, 0.05) is 33.0 Å². The molecule has 0 atom stereocenters. The molecule has 0 aromatic carbocycles. The van der Waals surface area contributed by atoms with Crippen LogP contribution >= 0.6 is 7.60 Å². The molecule has 8 heteroatoms. The van der Waals surface area contributed by atoms with Gasteiger partial charge >= 0.3 is 13.3 Å². The molecule has 0 bridgehead atoms. The number of aromatic nitrogens is 2. The van der Waals surface area contributed by atoms with Gasteiger partial charge in [-0.05, 0) is 0 Å². The molecule has 0 amide bonds. The van der Waals surface area contributed by atoms with E-state index in [1.165, 1.54) is 31.0 Å². The Balaban J connectivity index is 2.63. The lowest BCUT2D eigenvalue weighted by Gasteiger charge is -2.10. The van der Waals surface area contributed by atoms with Crippen molar-refractivity contribution >= 4 is 7.60 Å². The van der Waals surface area contributed by atoms with Crippen molar-refractivity contribution in [2.75, 3.05) is 20.4 Å². The van der Waals surface area contributed by atoms with E-state index >= 15 is 0 Å². The van der Waals surface area contributed by atoms with Crippen molar-refractivity contribution in [2.24, 2.45) is 0 Å². The van der Waals surface area contributed by atoms with Crippen molar-refractivity contribution in [1.82, 2.24) is 9.55 Å². The van der Waals surface area contributed by atoms with Crippen LogP contribution in [0.4, 0.5) is 0 Å². The second-order valence-corrected chi connectivity index (χ2v) is 5.71. The molecule has 0 saturated carbocycles. The molecule has 1 heterocycles. The van der Waals surface area contributed by atoms with E-state index in [0.29, 0.717) is 0 Å². The second-order valence-electron chi connectivity index (χ2n) is 3.39. The quantitative estimate of drug-likeness (QED) is 0.605. The molecule has 1 aromatic heterocycles. The van der Waals surface area contributed by atoms with Crippen LogP contribution in [0.2, 0.25) is 0 Å². The van der Waals surface area contributed by atoms with E-state index in [2.05, 4.69) is 4.98 Å². The highest BCUT2D eigenvalue weighted by Crippen LogP contribution is 2.46. The molecule has 0 unspecified atom stereocenters. The summed E-state index contributed by atoms with van der Waals surface area (Å²) in [6, 6.07) is 1.25. The van der Waals surface area contributed by atoms with Crippen LogP contribution in [0.1, 0.15) is 0 Å². The minimum atomic E-state index is -3.05. The van der Waals surface area contributed by atoms with Crippen molar-refractivity contribution in [3.05, 3.63) is 45.3 Å². The second kappa shape index (κ2) is 6.49. The lowest BCUT2D eigenvalue weighted by Crippen LogP contribution is -2.28. The SMILES string of the molecule is COP(=O)(C/C=C/Cn1ccc(=O)[nH]c1=O)OC. The lowest BCUT2D eigenvalue weighted by atomic mass is 10.5. The summed E-state index contributed by atoms with van der Waals surface area (Å²) in [4.78, 5) is 24.3. The Labute approximate surface area is 104 Å². The van der Waals surface area contributed by atoms with Crippen molar-refractivity contribution in [3.8, 4) is 0 Å². The van der Waals surface area contributed by atoms with Crippen LogP contribution < -0.4 is 11.2 Å². The first kappa shape index (κ1) is 14.6. The summed E-state index contributed by atoms with van der Waals surface area (Å²) in [6.07, 6.45) is 4.76. The maximum absolute atomic E-state index is 11.7. The van der Waals surface area contributed by atoms with E-state index in [-0.39, 0.29) is 12.7 Å². The van der Waals surface area contributed by atoms with Crippen LogP contribution in [0.25, 0.3) is 0 Å². The van der Waals surface area contributed by atoms with Crippen molar-refractivity contribution in [2.45, 2.75) is 6.54 Å². The Morgan fingerprint density at radius 2 is 2.00 bits per heavy atom. The van der Waals surface area contributed by atoms with Gasteiger partial charge in [0.25, 0.3) is 5.56 Å². The fourth-order valence-corrected chi connectivity index (χ4v) is 2.06. The van der Waals surface area contributed by atoms with Gasteiger partial charge in [-0.15, -0.1) is 0 Å². The van der Waals surface area contributed by atoms with Crippen molar-refractivity contribution < 1.29 is 13.6 Å². The number of nitrogens with zero attached hydrogens (tertiary/aromatic N) is 1. The van der Waals surface area contributed by atoms with Gasteiger partial charge < -0.3 is 9.05 Å². The molecule has 100 valence electrons. The van der Waals surface area contributed by atoms with Crippen molar-refractivity contribution in [1.29, 1.82) is 0 Å². The average Bonchev–Trinajstić information content (AvgIpc) is 2.36. The number of hydrogen-bond acceptors (Lipinski definition) is 5. The maximum Gasteiger partial charge on any atom is 0.333 e. The third-order valence-electron chi connectivity index (χ3n) is 2.25. The molecule has 1 N–H and O–H groups in total. The van der Waals surface area contributed by atoms with E-state index < -0.39 is 18.8 Å². The van der Waals surface area contributed by atoms with Gasteiger partial charge in [0.1, 0.15) is 0 Å². The molecule has 0 aliphatic carbocycles. The Morgan fingerprint density at radius 3 is 2.56 bits per heavy atom. The van der Waals surface area contributed by atoms with Gasteiger partial charge in [-0.25, -0.2) is 4.79 Å². The van der Waals surface area contributed by atoms with Crippen LogP contribution in [0.5, 0.6) is 0 Å². The molecule has 0 spiro atoms. The van der Waals surface area contributed by atoms with E-state index in [4.69, 9.17) is 9.05 Å². The summed E-state index contributed by atoms with van der Waals surface area (Å²) in [5, 5.41) is 0. The Morgan fingerprint density at radius 1 is 1.33 bits per heavy atom. The molecule has 18 heavy (non-hydrogen) atoms. The van der Waals surface area contributed by atoms with E-state index in [0.717, 1.165) is 0 Å². The lowest BCUT2D eigenvalue weighted by molar-refractivity contribution is 0.279. The Hall–Kier alpha value is -1.43. The van der Waals surface area contributed by atoms with Crippen LogP contribution in [0.3, 0.4) is 0 Å². The smallest absolute Gasteiger partial charge is 0.312 e. The predicted molar refractivity (Wildman–Crippen MR) is 67.0 cm³/mol. The zero-order chi connectivity index (χ0) is 13.6. The Bertz CT molecular complexity index is 566. The number of aromatic amines is 1. The van der Waals surface area contributed by atoms with E-state index in [9.17, 15) is 14.2 Å². The fourth-order valence-electron chi connectivity index (χ4n) is 1.20. The monoisotopic (exact) mass is 274 g/mol. The van der Waals surface area contributed by atoms with E-state index in [1.807, 2.05) is 0 Å². The number of allylic oxidation sites excluding steroid dienone is 2. The van der Waals surface area contributed by atoms with Crippen LogP contribution in [-0.2, 0) is 20.2 Å². The van der Waals surface area contributed by atoms with Gasteiger partial charge in [-0.3, -0.25) is 18.9 Å². The summed E-state index contributed by atoms with van der Waals surface area (Å²) in [7, 11) is -0.434. The van der Waals surface area contributed by atoms with Gasteiger partial charge in [0.2, 0.25) is 0 Å². The molecule has 0 aliphatic rings. The van der Waals surface area contributed by atoms with E-state index in [1.54, 1.807) is 12.2 Å². The highest BCUT2D eigenvalue weighted by molar-refractivity contribution is 7.54. The largest absolute Gasteiger partial charge is 0.333 e. The third-order valence-corrected chi connectivity index (χ3v) is 4.02. The van der Waals surface area contributed by atoms with Crippen molar-refractivity contribution in [3.63, 3.8) is 0 Å². The summed E-state index contributed by atoms with van der Waals surface area (Å²) in [6.45, 7) is 0.267. The van der Waals surface area contributed by atoms with Gasteiger partial charge in [-0.1, -0.05) is 12.2 Å². The van der Waals surface area contributed by atoms with Crippen LogP contribution in [-0.4, -0.2) is 29.9 Å². The summed E-state index contributed by atoms with van der Waals surface area (Å²) >= 11 is 0. The first-order valence-electron chi connectivity index (χ1n) is 5.16. The molecule has 0 fully saturated rings. The molecule has 1 rings (SSSR count). The first-order valence-corrected chi connectivity index (χ1v) is 6.89. The predicted octanol–water partition coefficient (Wildman–Crippen LogP) is 0.579. The standard InChI is InChI=1S/C10H15N2O5P/c1-16-18(15,17-2)8-4-3-6-12-7-5-9(13)11-10(12)14/h3-5,7H,6,8H2,1-2H3,(H,11,13,14)/b4-3+. The molecule has 1 aromatic rings. The minimum absolute atomic E-state index is 0.123. The average molecular weight is 274 g/mol. The van der Waals surface area contributed by atoms with Gasteiger partial charge in [0.05, 0.1) is 6.16 Å². The zero-order valence-corrected chi connectivity index (χ0v) is 11.1. The Kier molecular flexibility index (Phi) is 5.27. The normalized spacial score (nSPS) is 12.1. The highest BCUT2D eigenvalue weighted by Gasteiger charge is 2.17. The van der Waals surface area contributed by atoms with Gasteiger partial charge in [0.15, 0.2) is 0 Å². The zero-order valence-electron chi connectivity index (χ0n) is 10.2. The van der Waals surface area contributed by atoms with Gasteiger partial charge in [-0.2, -0.15) is 0 Å². The van der Waals surface area contributed by atoms with Crippen LogP contribution in [0, 0.1) is 0 Å². The maximum atomic E-state index is 11.7. The number of hydrogen-bond donors (Lipinski definition) is 1. The molecular weight excluding hydrogens is 259 g/mol. The molecular formula is C10H15N2O5P. The molecule has 0 radical (unpaired) electrons. The summed E-state index contributed by atoms with van der Waals surface area (Å²) in [5.74, 6) is 0. The number of rotatable bonds is 6. The molecule has 0 saturated heterocycles. The molecule has 0 aliphatic heterocycles. The third kappa shape index (κ3) is 4.10. The first-order chi connectivity index (χ1) is 8.50.